The fraction of sp³-hybridized carbons (Fsp3) is 0.932. The molecule has 0 aliphatic carbocycles. The summed E-state index contributed by atoms with van der Waals surface area (Å²) >= 11 is 0. The van der Waals surface area contributed by atoms with Gasteiger partial charge in [-0.05, 0) is 77.0 Å². The molecule has 3 N–H and O–H groups in total. The van der Waals surface area contributed by atoms with Gasteiger partial charge in [0.2, 0.25) is 5.91 Å². The Morgan fingerprint density at radius 3 is 0.755 bits per heavy atom. The smallest absolute Gasteiger partial charge is 0.305 e. The summed E-state index contributed by atoms with van der Waals surface area (Å²) in [6.45, 7) is 5.01. The number of unbranched alkanes of at least 4 members (excludes halogenated alkanes) is 68. The molecule has 0 aromatic heterocycles. The first-order valence-electron chi connectivity index (χ1n) is 43.6. The van der Waals surface area contributed by atoms with E-state index in [4.69, 9.17) is 4.74 Å². The Kier molecular flexibility index (Phi) is 82.3. The highest BCUT2D eigenvalue weighted by atomic mass is 16.5. The van der Waals surface area contributed by atoms with E-state index in [-0.39, 0.29) is 18.5 Å². The van der Waals surface area contributed by atoms with Crippen molar-refractivity contribution in [1.29, 1.82) is 0 Å². The van der Waals surface area contributed by atoms with Crippen molar-refractivity contribution >= 4 is 11.9 Å². The minimum Gasteiger partial charge on any atom is -0.466 e. The van der Waals surface area contributed by atoms with Crippen LogP contribution in [0.1, 0.15) is 502 Å². The van der Waals surface area contributed by atoms with Gasteiger partial charge in [-0.25, -0.2) is 0 Å². The van der Waals surface area contributed by atoms with E-state index in [2.05, 4.69) is 43.5 Å². The molecule has 1 amide bonds. The van der Waals surface area contributed by atoms with E-state index in [1.54, 1.807) is 0 Å². The molecular formula is C88H171NO5. The number of aliphatic hydroxyl groups excluding tert-OH is 2. The van der Waals surface area contributed by atoms with Crippen LogP contribution in [0.15, 0.2) is 24.3 Å². The highest BCUT2D eigenvalue weighted by Gasteiger charge is 2.20. The van der Waals surface area contributed by atoms with Crippen LogP contribution in [0.3, 0.4) is 0 Å². The summed E-state index contributed by atoms with van der Waals surface area (Å²) < 4.78 is 5.51. The van der Waals surface area contributed by atoms with Gasteiger partial charge in [0.25, 0.3) is 0 Å². The fourth-order valence-electron chi connectivity index (χ4n) is 14.1. The van der Waals surface area contributed by atoms with Crippen LogP contribution in [0.4, 0.5) is 0 Å². The van der Waals surface area contributed by atoms with Gasteiger partial charge in [0.15, 0.2) is 0 Å². The van der Waals surface area contributed by atoms with Crippen molar-refractivity contribution < 1.29 is 24.5 Å². The Hall–Kier alpha value is -1.66. The lowest BCUT2D eigenvalue weighted by Gasteiger charge is -2.22. The predicted molar refractivity (Wildman–Crippen MR) is 417 cm³/mol. The first kappa shape index (κ1) is 92.3. The summed E-state index contributed by atoms with van der Waals surface area (Å²) in [5, 5.41) is 23.5. The normalized spacial score (nSPS) is 12.5. The van der Waals surface area contributed by atoms with Crippen molar-refractivity contribution in [2.45, 2.75) is 514 Å². The van der Waals surface area contributed by atoms with Crippen LogP contribution in [-0.4, -0.2) is 47.4 Å². The molecule has 0 radical (unpaired) electrons. The van der Waals surface area contributed by atoms with Gasteiger partial charge in [0, 0.05) is 12.8 Å². The number of carbonyl (C=O) groups is 2. The summed E-state index contributed by atoms with van der Waals surface area (Å²) in [7, 11) is 0. The average Bonchev–Trinajstić information content (AvgIpc) is 3.67. The Morgan fingerprint density at radius 2 is 0.500 bits per heavy atom. The summed E-state index contributed by atoms with van der Waals surface area (Å²) in [6.07, 6.45) is 109. The van der Waals surface area contributed by atoms with E-state index in [0.717, 1.165) is 44.9 Å². The molecule has 94 heavy (non-hydrogen) atoms. The monoisotopic (exact) mass is 1320 g/mol. The van der Waals surface area contributed by atoms with Gasteiger partial charge in [0.05, 0.1) is 25.4 Å². The highest BCUT2D eigenvalue weighted by Crippen LogP contribution is 2.21. The van der Waals surface area contributed by atoms with Crippen LogP contribution < -0.4 is 5.32 Å². The zero-order chi connectivity index (χ0) is 67.7. The minimum atomic E-state index is -0.663. The second-order valence-corrected chi connectivity index (χ2v) is 30.2. The third-order valence-corrected chi connectivity index (χ3v) is 20.7. The second-order valence-electron chi connectivity index (χ2n) is 30.2. The van der Waals surface area contributed by atoms with Crippen molar-refractivity contribution in [1.82, 2.24) is 5.32 Å². The Balaban J connectivity index is 3.34. The first-order valence-corrected chi connectivity index (χ1v) is 43.6. The number of allylic oxidation sites excluding steroid dienone is 4. The van der Waals surface area contributed by atoms with Crippen LogP contribution in [0, 0.1) is 0 Å². The molecular weight excluding hydrogens is 1150 g/mol. The van der Waals surface area contributed by atoms with Crippen molar-refractivity contribution in [3.63, 3.8) is 0 Å². The number of aliphatic hydroxyl groups is 2. The third kappa shape index (κ3) is 79.3. The highest BCUT2D eigenvalue weighted by molar-refractivity contribution is 5.76. The summed E-state index contributed by atoms with van der Waals surface area (Å²) in [5.74, 6) is -0.00676. The van der Waals surface area contributed by atoms with Crippen LogP contribution >= 0.6 is 0 Å². The molecule has 0 aromatic carbocycles. The molecule has 0 spiro atoms. The molecule has 0 rings (SSSR count). The molecule has 558 valence electrons. The topological polar surface area (TPSA) is 95.9 Å². The molecule has 2 atom stereocenters. The van der Waals surface area contributed by atoms with E-state index >= 15 is 0 Å². The van der Waals surface area contributed by atoms with Gasteiger partial charge in [-0.15, -0.1) is 0 Å². The molecule has 2 unspecified atom stereocenters. The van der Waals surface area contributed by atoms with Crippen molar-refractivity contribution in [3.05, 3.63) is 24.3 Å². The lowest BCUT2D eigenvalue weighted by molar-refractivity contribution is -0.143. The van der Waals surface area contributed by atoms with Crippen LogP contribution in [-0.2, 0) is 14.3 Å². The van der Waals surface area contributed by atoms with Crippen LogP contribution in [0.2, 0.25) is 0 Å². The Labute approximate surface area is 590 Å². The number of ether oxygens (including phenoxy) is 1. The number of nitrogens with one attached hydrogen (secondary N) is 1. The van der Waals surface area contributed by atoms with Gasteiger partial charge < -0.3 is 20.3 Å². The zero-order valence-corrected chi connectivity index (χ0v) is 64.2. The minimum absolute atomic E-state index is 0.0182. The van der Waals surface area contributed by atoms with E-state index in [0.29, 0.717) is 25.9 Å². The molecule has 0 heterocycles. The Morgan fingerprint density at radius 1 is 0.287 bits per heavy atom. The van der Waals surface area contributed by atoms with Gasteiger partial charge >= 0.3 is 5.97 Å². The van der Waals surface area contributed by atoms with Crippen molar-refractivity contribution in [3.8, 4) is 0 Å². The fourth-order valence-corrected chi connectivity index (χ4v) is 14.1. The van der Waals surface area contributed by atoms with E-state index in [1.807, 2.05) is 0 Å². The largest absolute Gasteiger partial charge is 0.466 e. The molecule has 0 fully saturated rings. The molecule has 0 aliphatic rings. The number of hydrogen-bond donors (Lipinski definition) is 3. The zero-order valence-electron chi connectivity index (χ0n) is 64.2. The first-order chi connectivity index (χ1) is 46.5. The molecule has 0 bridgehead atoms. The van der Waals surface area contributed by atoms with E-state index in [1.165, 1.54) is 424 Å². The van der Waals surface area contributed by atoms with Crippen LogP contribution in [0.25, 0.3) is 0 Å². The van der Waals surface area contributed by atoms with Crippen molar-refractivity contribution in [2.24, 2.45) is 0 Å². The SMILES string of the molecule is CCCCCCCC/C=C\CCCCCCCCCC(=O)OCCCCCCCCCCCCCCCC/C=C\CCCCCCCCCCCCCCCCCCCC(=O)NC(CO)C(O)CCCCCCCCCCCCCCCCCCCCCCCCCCC. The van der Waals surface area contributed by atoms with Gasteiger partial charge in [-0.3, -0.25) is 9.59 Å². The van der Waals surface area contributed by atoms with Crippen LogP contribution in [0.5, 0.6) is 0 Å². The van der Waals surface area contributed by atoms with E-state index < -0.39 is 12.1 Å². The maximum Gasteiger partial charge on any atom is 0.305 e. The molecule has 0 aromatic rings. The molecule has 0 saturated heterocycles. The molecule has 6 nitrogen and oxygen atoms in total. The number of carbonyl (C=O) groups excluding carboxylic acids is 2. The number of amides is 1. The Bertz CT molecular complexity index is 1480. The lowest BCUT2D eigenvalue weighted by atomic mass is 10.0. The number of hydrogen-bond acceptors (Lipinski definition) is 5. The number of esters is 1. The standard InChI is InChI=1S/C88H171NO5/c1-3-5-7-9-11-13-15-17-19-21-22-23-24-36-39-42-45-49-52-56-60-64-68-72-76-80-86(91)85(84-90)89-87(92)81-77-73-69-65-61-57-53-50-46-43-40-37-34-32-30-28-26-25-27-29-31-33-35-38-41-44-47-51-55-59-63-67-71-75-79-83-94-88(93)82-78-74-70-66-62-58-54-48-20-18-16-14-12-10-8-6-4-2/h18,20,27,29,85-86,90-91H,3-17,19,21-26,28,30-84H2,1-2H3,(H,89,92)/b20-18-,29-27-. The summed E-state index contributed by atoms with van der Waals surface area (Å²) in [4.78, 5) is 24.7. The lowest BCUT2D eigenvalue weighted by Crippen LogP contribution is -2.45. The summed E-state index contributed by atoms with van der Waals surface area (Å²) in [6, 6.07) is -0.540. The number of rotatable bonds is 83. The van der Waals surface area contributed by atoms with Crippen molar-refractivity contribution in [2.75, 3.05) is 13.2 Å². The second kappa shape index (κ2) is 83.8. The van der Waals surface area contributed by atoms with Gasteiger partial charge in [0.1, 0.15) is 0 Å². The average molecular weight is 1320 g/mol. The quantitative estimate of drug-likeness (QED) is 0.0320. The van der Waals surface area contributed by atoms with Gasteiger partial charge in [-0.2, -0.15) is 0 Å². The maximum atomic E-state index is 12.6. The predicted octanol–water partition coefficient (Wildman–Crippen LogP) is 29.2. The molecule has 0 saturated carbocycles. The van der Waals surface area contributed by atoms with E-state index in [9.17, 15) is 19.8 Å². The molecule has 6 heteroatoms. The molecule has 0 aliphatic heterocycles. The maximum absolute atomic E-state index is 12.6. The summed E-state index contributed by atoms with van der Waals surface area (Å²) in [5.41, 5.74) is 0. The van der Waals surface area contributed by atoms with Gasteiger partial charge in [-0.1, -0.05) is 436 Å². The third-order valence-electron chi connectivity index (χ3n) is 20.7.